The minimum absolute atomic E-state index is 0.000762. The molecule has 2 heterocycles. The molecule has 1 unspecified atom stereocenters. The molecule has 1 atom stereocenters. The normalized spacial score (nSPS) is 18.9. The van der Waals surface area contributed by atoms with Gasteiger partial charge in [0, 0.05) is 32.3 Å². The summed E-state index contributed by atoms with van der Waals surface area (Å²) in [4.78, 5) is 27.0. The quantitative estimate of drug-likeness (QED) is 0.710. The number of carbonyl (C=O) groups is 2. The Morgan fingerprint density at radius 2 is 2.33 bits per heavy atom. The summed E-state index contributed by atoms with van der Waals surface area (Å²) in [5, 5.41) is 8.50. The van der Waals surface area contributed by atoms with E-state index in [1.165, 1.54) is 6.20 Å². The molecule has 0 radical (unpaired) electrons. The Bertz CT molecular complexity index is 434. The second-order valence-corrected chi connectivity index (χ2v) is 4.20. The lowest BCUT2D eigenvalue weighted by Gasteiger charge is -2.23. The van der Waals surface area contributed by atoms with E-state index in [-0.39, 0.29) is 17.9 Å². The van der Waals surface area contributed by atoms with Crippen molar-refractivity contribution < 1.29 is 9.59 Å². The number of pyridine rings is 1. The van der Waals surface area contributed by atoms with E-state index in [0.29, 0.717) is 24.9 Å². The van der Waals surface area contributed by atoms with Crippen molar-refractivity contribution in [3.05, 3.63) is 23.9 Å². The van der Waals surface area contributed by atoms with E-state index in [4.69, 9.17) is 0 Å². The molecule has 96 valence electrons. The van der Waals surface area contributed by atoms with Crippen molar-refractivity contribution in [2.24, 2.45) is 0 Å². The van der Waals surface area contributed by atoms with Gasteiger partial charge in [-0.25, -0.2) is 4.98 Å². The van der Waals surface area contributed by atoms with Crippen molar-refractivity contribution in [3.8, 4) is 0 Å². The molecule has 1 saturated heterocycles. The Kier molecular flexibility index (Phi) is 3.76. The van der Waals surface area contributed by atoms with Gasteiger partial charge in [-0.05, 0) is 18.6 Å². The molecular formula is C12H16N4O2. The second kappa shape index (κ2) is 5.48. The van der Waals surface area contributed by atoms with E-state index >= 15 is 0 Å². The fourth-order valence-electron chi connectivity index (χ4n) is 1.80. The molecule has 1 aromatic heterocycles. The summed E-state index contributed by atoms with van der Waals surface area (Å²) in [6.45, 7) is 0.493. The third-order valence-electron chi connectivity index (χ3n) is 2.88. The fraction of sp³-hybridized carbons (Fsp3) is 0.417. The number of hydrogen-bond donors (Lipinski definition) is 3. The molecule has 0 spiro atoms. The van der Waals surface area contributed by atoms with Crippen LogP contribution in [0.4, 0.5) is 5.82 Å². The zero-order valence-electron chi connectivity index (χ0n) is 10.2. The van der Waals surface area contributed by atoms with Crippen LogP contribution in [-0.2, 0) is 4.79 Å². The first-order chi connectivity index (χ1) is 8.69. The van der Waals surface area contributed by atoms with Crippen molar-refractivity contribution in [1.82, 2.24) is 15.6 Å². The molecule has 1 aromatic rings. The number of nitrogens with zero attached hydrogens (tertiary/aromatic N) is 1. The molecule has 0 aromatic carbocycles. The molecular weight excluding hydrogens is 232 g/mol. The van der Waals surface area contributed by atoms with Crippen LogP contribution >= 0.6 is 0 Å². The molecule has 6 heteroatoms. The van der Waals surface area contributed by atoms with E-state index in [9.17, 15) is 9.59 Å². The minimum atomic E-state index is -0.161. The number of rotatable bonds is 3. The van der Waals surface area contributed by atoms with Gasteiger partial charge in [-0.1, -0.05) is 0 Å². The maximum absolute atomic E-state index is 11.9. The first-order valence-corrected chi connectivity index (χ1v) is 5.90. The summed E-state index contributed by atoms with van der Waals surface area (Å²) in [7, 11) is 1.77. The van der Waals surface area contributed by atoms with Gasteiger partial charge in [-0.15, -0.1) is 0 Å². The van der Waals surface area contributed by atoms with Gasteiger partial charge in [-0.2, -0.15) is 0 Å². The van der Waals surface area contributed by atoms with Gasteiger partial charge in [-0.3, -0.25) is 9.59 Å². The van der Waals surface area contributed by atoms with E-state index in [1.807, 2.05) is 0 Å². The topological polar surface area (TPSA) is 83.1 Å². The number of carbonyl (C=O) groups excluding carboxylic acids is 2. The van der Waals surface area contributed by atoms with E-state index in [0.717, 1.165) is 5.82 Å². The van der Waals surface area contributed by atoms with Crippen molar-refractivity contribution in [2.75, 3.05) is 18.9 Å². The Morgan fingerprint density at radius 1 is 1.50 bits per heavy atom. The predicted molar refractivity (Wildman–Crippen MR) is 67.3 cm³/mol. The molecule has 1 aliphatic rings. The number of piperidine rings is 1. The summed E-state index contributed by atoms with van der Waals surface area (Å²) in [5.74, 6) is 0.600. The largest absolute Gasteiger partial charge is 0.373 e. The maximum atomic E-state index is 11.9. The fourth-order valence-corrected chi connectivity index (χ4v) is 1.80. The summed E-state index contributed by atoms with van der Waals surface area (Å²) in [6.07, 6.45) is 2.67. The van der Waals surface area contributed by atoms with Crippen molar-refractivity contribution in [1.29, 1.82) is 0 Å². The average Bonchev–Trinajstić information content (AvgIpc) is 2.41. The minimum Gasteiger partial charge on any atom is -0.373 e. The molecule has 0 saturated carbocycles. The van der Waals surface area contributed by atoms with Crippen LogP contribution < -0.4 is 16.0 Å². The molecule has 18 heavy (non-hydrogen) atoms. The SMILES string of the molecule is CNc1ccc(C(=O)NC2CCC(=O)NC2)cn1. The monoisotopic (exact) mass is 248 g/mol. The molecule has 3 N–H and O–H groups in total. The highest BCUT2D eigenvalue weighted by Gasteiger charge is 2.20. The van der Waals surface area contributed by atoms with Gasteiger partial charge in [0.2, 0.25) is 5.91 Å². The number of anilines is 1. The zero-order chi connectivity index (χ0) is 13.0. The number of hydrogen-bond acceptors (Lipinski definition) is 4. The third-order valence-corrected chi connectivity index (χ3v) is 2.88. The average molecular weight is 248 g/mol. The Morgan fingerprint density at radius 3 is 2.89 bits per heavy atom. The second-order valence-electron chi connectivity index (χ2n) is 4.20. The lowest BCUT2D eigenvalue weighted by molar-refractivity contribution is -0.122. The summed E-state index contributed by atoms with van der Waals surface area (Å²) in [5.41, 5.74) is 0.519. The van der Waals surface area contributed by atoms with Crippen molar-refractivity contribution in [3.63, 3.8) is 0 Å². The highest BCUT2D eigenvalue weighted by molar-refractivity contribution is 5.94. The van der Waals surface area contributed by atoms with Crippen LogP contribution in [0.5, 0.6) is 0 Å². The van der Waals surface area contributed by atoms with Crippen LogP contribution in [0.1, 0.15) is 23.2 Å². The van der Waals surface area contributed by atoms with Crippen LogP contribution in [0.15, 0.2) is 18.3 Å². The van der Waals surface area contributed by atoms with E-state index < -0.39 is 0 Å². The summed E-state index contributed by atoms with van der Waals surface area (Å²) >= 11 is 0. The molecule has 2 amide bonds. The Labute approximate surface area is 105 Å². The van der Waals surface area contributed by atoms with Crippen LogP contribution in [0.2, 0.25) is 0 Å². The van der Waals surface area contributed by atoms with Gasteiger partial charge in [0.1, 0.15) is 5.82 Å². The van der Waals surface area contributed by atoms with Crippen LogP contribution in [0.3, 0.4) is 0 Å². The van der Waals surface area contributed by atoms with Crippen molar-refractivity contribution >= 4 is 17.6 Å². The molecule has 0 bridgehead atoms. The van der Waals surface area contributed by atoms with Gasteiger partial charge in [0.05, 0.1) is 5.56 Å². The summed E-state index contributed by atoms with van der Waals surface area (Å²) in [6, 6.07) is 3.46. The predicted octanol–water partition coefficient (Wildman–Crippen LogP) is 0.132. The highest BCUT2D eigenvalue weighted by atomic mass is 16.2. The maximum Gasteiger partial charge on any atom is 0.253 e. The number of nitrogens with one attached hydrogen (secondary N) is 3. The first-order valence-electron chi connectivity index (χ1n) is 5.90. The summed E-state index contributed by atoms with van der Waals surface area (Å²) < 4.78 is 0. The lowest BCUT2D eigenvalue weighted by atomic mass is 10.1. The molecule has 6 nitrogen and oxygen atoms in total. The lowest BCUT2D eigenvalue weighted by Crippen LogP contribution is -2.47. The van der Waals surface area contributed by atoms with Gasteiger partial charge in [0.25, 0.3) is 5.91 Å². The first kappa shape index (κ1) is 12.3. The van der Waals surface area contributed by atoms with Gasteiger partial charge >= 0.3 is 0 Å². The molecule has 0 aliphatic carbocycles. The smallest absolute Gasteiger partial charge is 0.253 e. The van der Waals surface area contributed by atoms with Crippen molar-refractivity contribution in [2.45, 2.75) is 18.9 Å². The molecule has 1 aliphatic heterocycles. The van der Waals surface area contributed by atoms with Gasteiger partial charge in [0.15, 0.2) is 0 Å². The third kappa shape index (κ3) is 2.97. The standard InChI is InChI=1S/C12H16N4O2/c1-13-10-4-2-8(6-14-10)12(18)16-9-3-5-11(17)15-7-9/h2,4,6,9H,3,5,7H2,1H3,(H,13,14)(H,15,17)(H,16,18). The molecule has 2 rings (SSSR count). The molecule has 1 fully saturated rings. The van der Waals surface area contributed by atoms with E-state index in [2.05, 4.69) is 20.9 Å². The van der Waals surface area contributed by atoms with Gasteiger partial charge < -0.3 is 16.0 Å². The van der Waals surface area contributed by atoms with E-state index in [1.54, 1.807) is 19.2 Å². The van der Waals surface area contributed by atoms with Crippen LogP contribution in [0, 0.1) is 0 Å². The zero-order valence-corrected chi connectivity index (χ0v) is 10.2. The van der Waals surface area contributed by atoms with Crippen LogP contribution in [-0.4, -0.2) is 36.4 Å². The number of aromatic nitrogens is 1. The van der Waals surface area contributed by atoms with Crippen LogP contribution in [0.25, 0.3) is 0 Å². The number of amides is 2. The Hall–Kier alpha value is -2.11. The highest BCUT2D eigenvalue weighted by Crippen LogP contribution is 2.07. The Balaban J connectivity index is 1.92.